The topological polar surface area (TPSA) is 301 Å². The highest BCUT2D eigenvalue weighted by atomic mass is 16.5. The highest BCUT2D eigenvalue weighted by molar-refractivity contribution is 6.35. The minimum atomic E-state index is -0.441. The first kappa shape index (κ1) is 53.4. The smallest absolute Gasteiger partial charge is 0.312 e. The van der Waals surface area contributed by atoms with Gasteiger partial charge in [-0.15, -0.1) is 0 Å². The molecule has 2 amide bonds. The normalized spacial score (nSPS) is 12.2. The van der Waals surface area contributed by atoms with Crippen molar-refractivity contribution in [3.8, 4) is 23.0 Å². The fourth-order valence-electron chi connectivity index (χ4n) is 6.77. The number of amides is 2. The van der Waals surface area contributed by atoms with Crippen LogP contribution in [-0.4, -0.2) is 124 Å². The van der Waals surface area contributed by atoms with E-state index in [2.05, 4.69) is 10.6 Å². The van der Waals surface area contributed by atoms with Crippen molar-refractivity contribution >= 4 is 35.2 Å². The number of ether oxygens (including phenoxy) is 4. The molecule has 18 nitrogen and oxygen atoms in total. The first-order chi connectivity index (χ1) is 32.9. The summed E-state index contributed by atoms with van der Waals surface area (Å²) >= 11 is 0. The lowest BCUT2D eigenvalue weighted by Crippen LogP contribution is -2.54. The Hall–Kier alpha value is -7.18. The second-order valence-electron chi connectivity index (χ2n) is 16.1. The third-order valence-corrected chi connectivity index (χ3v) is 10.8. The van der Waals surface area contributed by atoms with E-state index in [0.717, 1.165) is 89.0 Å². The lowest BCUT2D eigenvalue weighted by atomic mass is 10.2. The fourth-order valence-corrected chi connectivity index (χ4v) is 6.77. The quantitative estimate of drug-likeness (QED) is 0.0145. The Kier molecular flexibility index (Phi) is 23.7. The van der Waals surface area contributed by atoms with Gasteiger partial charge in [0.15, 0.2) is 0 Å². The zero-order valence-electron chi connectivity index (χ0n) is 39.0. The maximum absolute atomic E-state index is 12.5. The number of unbranched alkanes of at least 4 members (excludes halogenated alkanes) is 4. The maximum atomic E-state index is 12.5. The number of amidine groups is 4. The van der Waals surface area contributed by atoms with Gasteiger partial charge in [-0.05, 0) is 162 Å². The average Bonchev–Trinajstić information content (AvgIpc) is 3.34. The van der Waals surface area contributed by atoms with E-state index < -0.39 is 11.8 Å². The molecule has 0 saturated carbocycles. The fraction of sp³-hybridized carbons (Fsp3) is 0.400. The molecule has 0 spiro atoms. The van der Waals surface area contributed by atoms with Gasteiger partial charge in [-0.25, -0.2) is 0 Å². The number of benzene rings is 4. The molecule has 1 heterocycles. The Morgan fingerprint density at radius 3 is 0.897 bits per heavy atom. The van der Waals surface area contributed by atoms with Crippen molar-refractivity contribution in [2.75, 3.05) is 78.8 Å². The molecule has 1 fully saturated rings. The number of carbonyl (C=O) groups is 2. The van der Waals surface area contributed by atoms with Crippen LogP contribution in [0.1, 0.15) is 73.6 Å². The molecule has 0 unspecified atom stereocenters. The van der Waals surface area contributed by atoms with Gasteiger partial charge in [-0.2, -0.15) is 0 Å². The summed E-state index contributed by atoms with van der Waals surface area (Å²) in [6, 6.07) is 28.6. The van der Waals surface area contributed by atoms with Gasteiger partial charge in [0.2, 0.25) is 0 Å². The van der Waals surface area contributed by atoms with E-state index in [0.29, 0.717) is 86.4 Å². The van der Waals surface area contributed by atoms with Crippen molar-refractivity contribution in [1.29, 1.82) is 21.6 Å². The van der Waals surface area contributed by atoms with Crippen molar-refractivity contribution in [3.63, 3.8) is 0 Å². The van der Waals surface area contributed by atoms with E-state index in [9.17, 15) is 9.59 Å². The van der Waals surface area contributed by atoms with Crippen LogP contribution in [0.5, 0.6) is 23.0 Å². The van der Waals surface area contributed by atoms with Crippen LogP contribution in [-0.2, 0) is 9.59 Å². The summed E-state index contributed by atoms with van der Waals surface area (Å²) in [5, 5.41) is 36.4. The lowest BCUT2D eigenvalue weighted by molar-refractivity contribution is -0.156. The van der Waals surface area contributed by atoms with Gasteiger partial charge in [-0.1, -0.05) is 0 Å². The summed E-state index contributed by atoms with van der Waals surface area (Å²) < 4.78 is 22.8. The average molecular weight is 935 g/mol. The van der Waals surface area contributed by atoms with Gasteiger partial charge in [-0.3, -0.25) is 31.2 Å². The molecule has 0 aliphatic carbocycles. The molecule has 4 aromatic carbocycles. The van der Waals surface area contributed by atoms with Gasteiger partial charge >= 0.3 is 11.8 Å². The summed E-state index contributed by atoms with van der Waals surface area (Å²) in [5.41, 5.74) is 24.5. The second kappa shape index (κ2) is 30.2. The molecule has 0 aromatic heterocycles. The Morgan fingerprint density at radius 1 is 0.397 bits per heavy atom. The summed E-state index contributed by atoms with van der Waals surface area (Å²) in [4.78, 5) is 28.2. The van der Waals surface area contributed by atoms with Gasteiger partial charge in [0, 0.05) is 61.5 Å². The first-order valence-corrected chi connectivity index (χ1v) is 23.2. The number of hydrogen-bond acceptors (Lipinski definition) is 12. The molecule has 4 aromatic rings. The van der Waals surface area contributed by atoms with Gasteiger partial charge in [0.25, 0.3) is 0 Å². The Balaban J connectivity index is 0.000000299. The minimum Gasteiger partial charge on any atom is -0.494 e. The maximum Gasteiger partial charge on any atom is 0.312 e. The van der Waals surface area contributed by atoms with Crippen LogP contribution < -0.4 is 52.5 Å². The second-order valence-corrected chi connectivity index (χ2v) is 16.1. The molecule has 18 heteroatoms. The number of nitrogens with two attached hydrogens (primary N) is 4. The summed E-state index contributed by atoms with van der Waals surface area (Å²) in [7, 11) is 0. The van der Waals surface area contributed by atoms with Crippen molar-refractivity contribution in [1.82, 2.24) is 20.4 Å². The van der Waals surface area contributed by atoms with E-state index in [4.69, 9.17) is 63.5 Å². The van der Waals surface area contributed by atoms with Gasteiger partial charge in [0.1, 0.15) is 46.3 Å². The molecule has 0 radical (unpaired) electrons. The Labute approximate surface area is 400 Å². The van der Waals surface area contributed by atoms with Crippen LogP contribution in [0.25, 0.3) is 0 Å². The van der Waals surface area contributed by atoms with Crippen LogP contribution in [0.4, 0.5) is 0 Å². The minimum absolute atomic E-state index is 0.0174. The SMILES string of the molecule is N=C(N)c1ccc(OCCCCN2CCN(CCCCOc3ccc(C(=N)N)cc3)C(=O)C2=O)cc1.N=C(N)c1ccc(OCCCCNCCNCCCCOc2ccc(C(=N)N)cc2)cc1. The summed E-state index contributed by atoms with van der Waals surface area (Å²) in [6.07, 6.45) is 7.12. The number of carbonyl (C=O) groups excluding carboxylic acids is 2. The molecular weight excluding hydrogens is 865 g/mol. The van der Waals surface area contributed by atoms with Crippen LogP contribution in [0.2, 0.25) is 0 Å². The third-order valence-electron chi connectivity index (χ3n) is 10.8. The third kappa shape index (κ3) is 20.1. The van der Waals surface area contributed by atoms with Crippen LogP contribution in [0.3, 0.4) is 0 Å². The molecule has 5 rings (SSSR count). The van der Waals surface area contributed by atoms with Crippen molar-refractivity contribution in [2.45, 2.75) is 51.4 Å². The van der Waals surface area contributed by atoms with E-state index in [1.165, 1.54) is 0 Å². The largest absolute Gasteiger partial charge is 0.494 e. The van der Waals surface area contributed by atoms with Crippen molar-refractivity contribution < 1.29 is 28.5 Å². The van der Waals surface area contributed by atoms with E-state index in [1.54, 1.807) is 82.6 Å². The van der Waals surface area contributed by atoms with Crippen molar-refractivity contribution in [2.24, 2.45) is 22.9 Å². The zero-order chi connectivity index (χ0) is 48.9. The highest BCUT2D eigenvalue weighted by Gasteiger charge is 2.31. The van der Waals surface area contributed by atoms with Gasteiger partial charge < -0.3 is 62.3 Å². The molecule has 1 aliphatic heterocycles. The van der Waals surface area contributed by atoms with Crippen LogP contribution in [0.15, 0.2) is 97.1 Å². The molecular formula is C50H70N12O6. The highest BCUT2D eigenvalue weighted by Crippen LogP contribution is 2.16. The summed E-state index contributed by atoms with van der Waals surface area (Å²) in [5.74, 6) is 2.32. The number of nitrogen functional groups attached to an aromatic ring is 4. The first-order valence-electron chi connectivity index (χ1n) is 23.2. The molecule has 1 aliphatic rings. The summed E-state index contributed by atoms with van der Waals surface area (Å²) in [6.45, 7) is 8.36. The molecule has 14 N–H and O–H groups in total. The van der Waals surface area contributed by atoms with Crippen LogP contribution >= 0.6 is 0 Å². The monoisotopic (exact) mass is 935 g/mol. The number of rotatable bonds is 31. The molecule has 366 valence electrons. The van der Waals surface area contributed by atoms with Gasteiger partial charge in [0.05, 0.1) is 26.4 Å². The Morgan fingerprint density at radius 2 is 0.647 bits per heavy atom. The van der Waals surface area contributed by atoms with Crippen molar-refractivity contribution in [3.05, 3.63) is 119 Å². The number of nitrogens with one attached hydrogen (secondary N) is 6. The molecule has 68 heavy (non-hydrogen) atoms. The molecule has 0 atom stereocenters. The molecule has 0 bridgehead atoms. The Bertz CT molecular complexity index is 2020. The number of nitrogens with zero attached hydrogens (tertiary/aromatic N) is 2. The number of piperazine rings is 1. The van der Waals surface area contributed by atoms with Crippen LogP contribution in [0, 0.1) is 21.6 Å². The van der Waals surface area contributed by atoms with E-state index in [1.807, 2.05) is 24.3 Å². The molecule has 1 saturated heterocycles. The lowest BCUT2D eigenvalue weighted by Gasteiger charge is -2.33. The predicted molar refractivity (Wildman–Crippen MR) is 268 cm³/mol. The standard InChI is InChI=1S/C26H34N6O4.C24H36N6O2/c27-23(28)19-5-9-21(10-6-19)35-17-3-1-13-31-15-16-32(26(34)25(31)33)14-2-4-18-36-22-11-7-20(8-12-22)24(29)30;25-23(26)19-5-9-21(10-6-19)31-17-3-1-13-29-15-16-30-14-2-4-18-32-22-11-7-20(8-12-22)24(27)28/h5-12H,1-4,13-18H2,(H3,27,28)(H3,29,30);5-12,29-30H,1-4,13-18H2,(H3,25,26)(H3,27,28). The van der Waals surface area contributed by atoms with E-state index >= 15 is 0 Å². The number of hydrogen-bond donors (Lipinski definition) is 10. The zero-order valence-corrected chi connectivity index (χ0v) is 39.0. The van der Waals surface area contributed by atoms with E-state index in [-0.39, 0.29) is 23.3 Å². The predicted octanol–water partition coefficient (Wildman–Crippen LogP) is 4.40.